The first-order chi connectivity index (χ1) is 15.9. The Morgan fingerprint density at radius 1 is 0.750 bits per heavy atom. The van der Waals surface area contributed by atoms with Crippen LogP contribution in [-0.2, 0) is 19.1 Å². The predicted octanol–water partition coefficient (Wildman–Crippen LogP) is 6.54. The molecule has 1 saturated carbocycles. The molecule has 0 unspecified atom stereocenters. The lowest BCUT2D eigenvalue weighted by atomic mass is 9.83. The van der Waals surface area contributed by atoms with Gasteiger partial charge in [0.05, 0.1) is 13.2 Å². The fraction of sp³-hybridized carbons (Fsp3) is 0.895. The molecule has 0 spiro atoms. The molecule has 0 aromatic rings. The molecule has 0 N–H and O–H groups in total. The Morgan fingerprint density at radius 3 is 1.50 bits per heavy atom. The van der Waals surface area contributed by atoms with E-state index in [1.165, 1.54) is 13.8 Å². The zero-order chi connectivity index (χ0) is 28.8. The highest BCUT2D eigenvalue weighted by Gasteiger charge is 2.90. The first kappa shape index (κ1) is 32.4. The van der Waals surface area contributed by atoms with E-state index in [-0.39, 0.29) is 13.2 Å². The molecular formula is C19H21ClF12O4. The topological polar surface area (TPSA) is 52.6 Å². The Morgan fingerprint density at radius 2 is 1.14 bits per heavy atom. The van der Waals surface area contributed by atoms with Gasteiger partial charge < -0.3 is 9.47 Å². The smallest absolute Gasteiger partial charge is 0.393 e. The number of rotatable bonds is 11. The minimum Gasteiger partial charge on any atom is -0.465 e. The predicted molar refractivity (Wildman–Crippen MR) is 97.7 cm³/mol. The van der Waals surface area contributed by atoms with E-state index < -0.39 is 83.4 Å². The van der Waals surface area contributed by atoms with Gasteiger partial charge in [-0.05, 0) is 50.1 Å². The normalized spacial score (nSPS) is 21.9. The van der Waals surface area contributed by atoms with Crippen molar-refractivity contribution in [3.05, 3.63) is 0 Å². The number of esters is 2. The van der Waals surface area contributed by atoms with Crippen LogP contribution < -0.4 is 0 Å². The van der Waals surface area contributed by atoms with Crippen molar-refractivity contribution in [3.63, 3.8) is 0 Å². The molecule has 0 saturated heterocycles. The van der Waals surface area contributed by atoms with Gasteiger partial charge in [-0.1, -0.05) is 6.92 Å². The average Bonchev–Trinajstić information content (AvgIpc) is 3.03. The second kappa shape index (κ2) is 9.93. The molecule has 1 aliphatic carbocycles. The molecule has 1 fully saturated rings. The molecule has 0 aromatic heterocycles. The maximum Gasteiger partial charge on any atom is 0.393 e. The first-order valence-corrected chi connectivity index (χ1v) is 10.6. The summed E-state index contributed by atoms with van der Waals surface area (Å²) >= 11 is 3.66. The summed E-state index contributed by atoms with van der Waals surface area (Å²) in [6.45, 7) is 2.98. The van der Waals surface area contributed by atoms with Gasteiger partial charge in [0.15, 0.2) is 5.41 Å². The van der Waals surface area contributed by atoms with Crippen molar-refractivity contribution in [3.8, 4) is 0 Å². The molecule has 0 bridgehead atoms. The molecule has 0 radical (unpaired) electrons. The maximum absolute atomic E-state index is 14.4. The van der Waals surface area contributed by atoms with Gasteiger partial charge in [0.2, 0.25) is 0 Å². The van der Waals surface area contributed by atoms with Crippen LogP contribution in [0, 0.1) is 17.3 Å². The number of halogens is 13. The van der Waals surface area contributed by atoms with Gasteiger partial charge >= 0.3 is 46.9 Å². The Labute approximate surface area is 201 Å². The third kappa shape index (κ3) is 4.94. The fourth-order valence-electron chi connectivity index (χ4n) is 3.94. The number of carbonyl (C=O) groups is 2. The van der Waals surface area contributed by atoms with Crippen molar-refractivity contribution in [2.24, 2.45) is 17.3 Å². The van der Waals surface area contributed by atoms with E-state index in [4.69, 9.17) is 9.47 Å². The third-order valence-corrected chi connectivity index (χ3v) is 6.17. The Hall–Kier alpha value is -1.61. The van der Waals surface area contributed by atoms with E-state index in [0.717, 1.165) is 6.92 Å². The number of hydrogen-bond acceptors (Lipinski definition) is 4. The second-order valence-corrected chi connectivity index (χ2v) is 8.85. The highest BCUT2D eigenvalue weighted by atomic mass is 35.5. The van der Waals surface area contributed by atoms with Crippen LogP contribution in [0.3, 0.4) is 0 Å². The van der Waals surface area contributed by atoms with Crippen LogP contribution in [0.2, 0.25) is 0 Å². The van der Waals surface area contributed by atoms with E-state index in [0.29, 0.717) is 0 Å². The molecule has 4 nitrogen and oxygen atoms in total. The monoisotopic (exact) mass is 576 g/mol. The highest BCUT2D eigenvalue weighted by molar-refractivity contribution is 6.22. The van der Waals surface area contributed by atoms with E-state index in [2.05, 4.69) is 11.6 Å². The zero-order valence-corrected chi connectivity index (χ0v) is 19.5. The summed E-state index contributed by atoms with van der Waals surface area (Å²) in [6, 6.07) is 0. The van der Waals surface area contributed by atoms with Crippen molar-refractivity contribution >= 4 is 23.5 Å². The average molecular weight is 577 g/mol. The van der Waals surface area contributed by atoms with Gasteiger partial charge in [0.1, 0.15) is 0 Å². The van der Waals surface area contributed by atoms with Crippen molar-refractivity contribution in [1.29, 1.82) is 0 Å². The lowest BCUT2D eigenvalue weighted by Crippen LogP contribution is -2.70. The van der Waals surface area contributed by atoms with E-state index >= 15 is 0 Å². The number of hydrogen-bond donors (Lipinski definition) is 0. The molecule has 212 valence electrons. The standard InChI is InChI=1S/C19H21ClF12O4/c1-4-35-11(33)13(12(34)36-5-2)6-9(3)10(7-13)8-14(21,22)15(23,24)16(25,26)17(27,28)18(29,30)19(20,31)32/h9-10H,4-8H2,1-3H3/t9-,10+/m1/s1. The van der Waals surface area contributed by atoms with Crippen LogP contribution >= 0.6 is 11.6 Å². The molecule has 1 aliphatic rings. The third-order valence-electron chi connectivity index (χ3n) is 5.94. The summed E-state index contributed by atoms with van der Waals surface area (Å²) in [6.07, 6.45) is -4.11. The van der Waals surface area contributed by atoms with Gasteiger partial charge in [0.25, 0.3) is 0 Å². The van der Waals surface area contributed by atoms with Crippen molar-refractivity contribution in [2.45, 2.75) is 75.0 Å². The van der Waals surface area contributed by atoms with Crippen molar-refractivity contribution < 1.29 is 71.7 Å². The summed E-state index contributed by atoms with van der Waals surface area (Å²) in [7, 11) is 0. The molecule has 2 atom stereocenters. The Kier molecular flexibility index (Phi) is 8.94. The lowest BCUT2D eigenvalue weighted by molar-refractivity contribution is -0.418. The van der Waals surface area contributed by atoms with Crippen LogP contribution in [0.15, 0.2) is 0 Å². The second-order valence-electron chi connectivity index (χ2n) is 8.37. The van der Waals surface area contributed by atoms with Crippen LogP contribution in [0.25, 0.3) is 0 Å². The quantitative estimate of drug-likeness (QED) is 0.121. The number of carbonyl (C=O) groups excluding carboxylic acids is 2. The van der Waals surface area contributed by atoms with Crippen molar-refractivity contribution in [1.82, 2.24) is 0 Å². The Balaban J connectivity index is 3.42. The van der Waals surface area contributed by atoms with E-state index in [1.807, 2.05) is 0 Å². The van der Waals surface area contributed by atoms with Crippen LogP contribution in [0.1, 0.15) is 40.0 Å². The van der Waals surface area contributed by atoms with Crippen LogP contribution in [-0.4, -0.2) is 60.1 Å². The van der Waals surface area contributed by atoms with Crippen molar-refractivity contribution in [2.75, 3.05) is 13.2 Å². The van der Waals surface area contributed by atoms with Gasteiger partial charge in [-0.25, -0.2) is 0 Å². The molecule has 0 aromatic carbocycles. The zero-order valence-electron chi connectivity index (χ0n) is 18.7. The van der Waals surface area contributed by atoms with E-state index in [1.54, 1.807) is 0 Å². The van der Waals surface area contributed by atoms with Gasteiger partial charge in [-0.3, -0.25) is 9.59 Å². The molecule has 0 heterocycles. The summed E-state index contributed by atoms with van der Waals surface area (Å²) in [5, 5.41) is -6.52. The van der Waals surface area contributed by atoms with Crippen LogP contribution in [0.5, 0.6) is 0 Å². The summed E-state index contributed by atoms with van der Waals surface area (Å²) < 4.78 is 173. The van der Waals surface area contributed by atoms with Gasteiger partial charge in [-0.2, -0.15) is 52.7 Å². The molecule has 0 amide bonds. The molecule has 0 aliphatic heterocycles. The minimum absolute atomic E-state index is 0.325. The van der Waals surface area contributed by atoms with Gasteiger partial charge in [-0.15, -0.1) is 0 Å². The summed E-state index contributed by atoms with van der Waals surface area (Å²) in [5.41, 5.74) is -2.33. The number of alkyl halides is 13. The molecule has 36 heavy (non-hydrogen) atoms. The number of ether oxygens (including phenoxy) is 2. The molecule has 1 rings (SSSR count). The first-order valence-electron chi connectivity index (χ1n) is 10.2. The minimum atomic E-state index is -7.75. The van der Waals surface area contributed by atoms with E-state index in [9.17, 15) is 62.3 Å². The molecule has 17 heteroatoms. The Bertz CT molecular complexity index is 810. The molecular weight excluding hydrogens is 556 g/mol. The lowest BCUT2D eigenvalue weighted by Gasteiger charge is -2.40. The summed E-state index contributed by atoms with van der Waals surface area (Å²) in [5.74, 6) is -42.3. The fourth-order valence-corrected chi connectivity index (χ4v) is 4.06. The maximum atomic E-state index is 14.4. The SMILES string of the molecule is CCOC(=O)C1(C(=O)OCC)C[C@@H](CC(F)(F)C(F)(F)C(F)(F)C(F)(F)C(F)(F)C(F)(F)Cl)[C@H](C)C1. The summed E-state index contributed by atoms with van der Waals surface area (Å²) in [4.78, 5) is 24.8. The van der Waals surface area contributed by atoms with Crippen LogP contribution in [0.4, 0.5) is 52.7 Å². The highest BCUT2D eigenvalue weighted by Crippen LogP contribution is 2.62. The van der Waals surface area contributed by atoms with Gasteiger partial charge in [0, 0.05) is 6.42 Å². The largest absolute Gasteiger partial charge is 0.465 e.